The van der Waals surface area contributed by atoms with Crippen LogP contribution in [0.5, 0.6) is 0 Å². The maximum atomic E-state index is 6.34. The van der Waals surface area contributed by atoms with E-state index in [2.05, 4.69) is 20.8 Å². The average Bonchev–Trinajstić information content (AvgIpc) is 2.30. The van der Waals surface area contributed by atoms with Crippen LogP contribution >= 0.6 is 0 Å². The van der Waals surface area contributed by atoms with Crippen LogP contribution in [0.1, 0.15) is 46.5 Å². The van der Waals surface area contributed by atoms with Crippen LogP contribution in [0.15, 0.2) is 11.3 Å². The van der Waals surface area contributed by atoms with E-state index in [0.29, 0.717) is 5.92 Å². The molecule has 2 aliphatic rings. The van der Waals surface area contributed by atoms with Gasteiger partial charge in [-0.25, -0.2) is 0 Å². The molecular weight excluding hydrogens is 171 g/mol. The van der Waals surface area contributed by atoms with Crippen molar-refractivity contribution in [3.05, 3.63) is 11.3 Å². The molecule has 1 saturated carbocycles. The van der Waals surface area contributed by atoms with Crippen molar-refractivity contribution in [2.24, 2.45) is 5.92 Å². The molecule has 0 aromatic heterocycles. The predicted molar refractivity (Wildman–Crippen MR) is 59.3 cm³/mol. The van der Waals surface area contributed by atoms with Crippen LogP contribution < -0.4 is 0 Å². The van der Waals surface area contributed by atoms with Crippen molar-refractivity contribution in [3.8, 4) is 0 Å². The summed E-state index contributed by atoms with van der Waals surface area (Å²) in [5, 5.41) is -0.139. The zero-order valence-electron chi connectivity index (χ0n) is 9.47. The minimum Gasteiger partial charge on any atom is -0.495 e. The molecule has 76 valence electrons. The second kappa shape index (κ2) is 3.32. The van der Waals surface area contributed by atoms with Gasteiger partial charge in [-0.2, -0.15) is 0 Å². The fraction of sp³-hybridized carbons (Fsp3) is 0.833. The van der Waals surface area contributed by atoms with Crippen LogP contribution in [-0.4, -0.2) is 14.0 Å². The van der Waals surface area contributed by atoms with Crippen LogP contribution in [0.4, 0.5) is 0 Å². The van der Waals surface area contributed by atoms with Crippen molar-refractivity contribution in [1.82, 2.24) is 0 Å². The highest BCUT2D eigenvalue weighted by atomic mass is 16.5. The summed E-state index contributed by atoms with van der Waals surface area (Å²) in [4.78, 5) is 0. The first-order chi connectivity index (χ1) is 6.52. The highest BCUT2D eigenvalue weighted by Gasteiger charge is 2.43. The molecule has 2 rings (SSSR count). The lowest BCUT2D eigenvalue weighted by Crippen LogP contribution is -2.30. The lowest BCUT2D eigenvalue weighted by Gasteiger charge is -2.33. The Morgan fingerprint density at radius 1 is 1.36 bits per heavy atom. The maximum absolute atomic E-state index is 6.34. The van der Waals surface area contributed by atoms with Gasteiger partial charge in [0.2, 0.25) is 0 Å². The minimum absolute atomic E-state index is 0.139. The maximum Gasteiger partial charge on any atom is 0.102 e. The molecule has 0 bridgehead atoms. The molecule has 0 saturated heterocycles. The number of allylic oxidation sites excluding steroid dienone is 1. The van der Waals surface area contributed by atoms with Gasteiger partial charge in [0.05, 0.1) is 13.6 Å². The van der Waals surface area contributed by atoms with E-state index >= 15 is 0 Å². The van der Waals surface area contributed by atoms with Crippen LogP contribution in [0.25, 0.3) is 0 Å². The highest BCUT2D eigenvalue weighted by molar-refractivity contribution is 6.15. The van der Waals surface area contributed by atoms with Crippen LogP contribution in [0.2, 0.25) is 5.31 Å². The molecule has 0 aromatic rings. The lowest BCUT2D eigenvalue weighted by atomic mass is 9.61. The number of hydrogen-bond acceptors (Lipinski definition) is 1. The van der Waals surface area contributed by atoms with Gasteiger partial charge in [-0.15, -0.1) is 0 Å². The molecule has 0 aromatic carbocycles. The van der Waals surface area contributed by atoms with Gasteiger partial charge in [0.15, 0.2) is 0 Å². The highest BCUT2D eigenvalue weighted by Crippen LogP contribution is 2.49. The summed E-state index contributed by atoms with van der Waals surface area (Å²) in [6.45, 7) is 6.41. The zero-order valence-corrected chi connectivity index (χ0v) is 9.47. The molecular formula is C12H19BO. The molecule has 1 heterocycles. The van der Waals surface area contributed by atoms with Gasteiger partial charge in [0.1, 0.15) is 6.10 Å². The molecule has 1 nitrogen and oxygen atoms in total. The molecule has 3 unspecified atom stereocenters. The van der Waals surface area contributed by atoms with E-state index in [9.17, 15) is 0 Å². The molecule has 1 aliphatic carbocycles. The lowest BCUT2D eigenvalue weighted by molar-refractivity contribution is 0.0758. The standard InChI is InChI=1S/C12H19BO/c1-8-9(2)14-11-10(8)6-4-5-7-12(11,3)13/h10-11H,4-7H2,1-3H3. The second-order valence-corrected chi connectivity index (χ2v) is 5.14. The van der Waals surface area contributed by atoms with Crippen LogP contribution in [0, 0.1) is 5.92 Å². The van der Waals surface area contributed by atoms with Gasteiger partial charge in [-0.3, -0.25) is 0 Å². The monoisotopic (exact) mass is 190 g/mol. The summed E-state index contributed by atoms with van der Waals surface area (Å²) < 4.78 is 5.93. The molecule has 2 heteroatoms. The Labute approximate surface area is 88.3 Å². The quantitative estimate of drug-likeness (QED) is 0.533. The Hall–Kier alpha value is -0.395. The van der Waals surface area contributed by atoms with E-state index in [1.807, 2.05) is 0 Å². The topological polar surface area (TPSA) is 9.23 Å². The molecule has 1 fully saturated rings. The van der Waals surface area contributed by atoms with Gasteiger partial charge < -0.3 is 4.74 Å². The molecule has 0 amide bonds. The van der Waals surface area contributed by atoms with Crippen molar-refractivity contribution >= 4 is 7.85 Å². The minimum atomic E-state index is -0.139. The summed E-state index contributed by atoms with van der Waals surface area (Å²) >= 11 is 0. The van der Waals surface area contributed by atoms with Crippen molar-refractivity contribution in [2.45, 2.75) is 57.9 Å². The first kappa shape index (κ1) is 10.1. The van der Waals surface area contributed by atoms with Crippen LogP contribution in [-0.2, 0) is 4.74 Å². The smallest absolute Gasteiger partial charge is 0.102 e. The van der Waals surface area contributed by atoms with Crippen molar-refractivity contribution < 1.29 is 4.74 Å². The molecule has 3 atom stereocenters. The molecule has 1 aliphatic heterocycles. The Bertz CT molecular complexity index is 267. The van der Waals surface area contributed by atoms with Crippen LogP contribution in [0.3, 0.4) is 0 Å². The largest absolute Gasteiger partial charge is 0.495 e. The Balaban J connectivity index is 2.26. The van der Waals surface area contributed by atoms with E-state index in [-0.39, 0.29) is 11.4 Å². The van der Waals surface area contributed by atoms with Gasteiger partial charge in [-0.1, -0.05) is 26.2 Å². The van der Waals surface area contributed by atoms with Crippen molar-refractivity contribution in [2.75, 3.05) is 0 Å². The molecule has 14 heavy (non-hydrogen) atoms. The van der Waals surface area contributed by atoms with E-state index in [1.54, 1.807) is 0 Å². The molecule has 0 N–H and O–H groups in total. The van der Waals surface area contributed by atoms with E-state index in [4.69, 9.17) is 12.6 Å². The third-order valence-electron chi connectivity index (χ3n) is 3.91. The predicted octanol–water partition coefficient (Wildman–Crippen LogP) is 3.22. The Morgan fingerprint density at radius 2 is 2.07 bits per heavy atom. The zero-order chi connectivity index (χ0) is 10.3. The third-order valence-corrected chi connectivity index (χ3v) is 3.91. The normalized spacial score (nSPS) is 43.1. The number of hydrogen-bond donors (Lipinski definition) is 0. The van der Waals surface area contributed by atoms with Gasteiger partial charge in [0.25, 0.3) is 0 Å². The van der Waals surface area contributed by atoms with Crippen molar-refractivity contribution in [1.29, 1.82) is 0 Å². The summed E-state index contributed by atoms with van der Waals surface area (Å²) in [6.07, 6.45) is 5.11. The average molecular weight is 190 g/mol. The number of rotatable bonds is 0. The second-order valence-electron chi connectivity index (χ2n) is 5.14. The molecule has 2 radical (unpaired) electrons. The number of ether oxygens (including phenoxy) is 1. The Morgan fingerprint density at radius 3 is 2.79 bits per heavy atom. The summed E-state index contributed by atoms with van der Waals surface area (Å²) in [7, 11) is 6.34. The third kappa shape index (κ3) is 1.49. The summed E-state index contributed by atoms with van der Waals surface area (Å²) in [6, 6.07) is 0. The summed E-state index contributed by atoms with van der Waals surface area (Å²) in [5.41, 5.74) is 1.42. The SMILES string of the molecule is [B]C1(C)CCCCC2C(C)=C(C)OC21. The first-order valence-electron chi connectivity index (χ1n) is 5.65. The Kier molecular flexibility index (Phi) is 2.40. The number of fused-ring (bicyclic) bond motifs is 1. The van der Waals surface area contributed by atoms with Crippen molar-refractivity contribution in [3.63, 3.8) is 0 Å². The summed E-state index contributed by atoms with van der Waals surface area (Å²) in [5.74, 6) is 1.69. The fourth-order valence-corrected chi connectivity index (χ4v) is 2.83. The van der Waals surface area contributed by atoms with Gasteiger partial charge >= 0.3 is 0 Å². The first-order valence-corrected chi connectivity index (χ1v) is 5.65. The molecule has 0 spiro atoms. The van der Waals surface area contributed by atoms with Gasteiger partial charge in [0, 0.05) is 5.92 Å². The fourth-order valence-electron chi connectivity index (χ4n) is 2.83. The van der Waals surface area contributed by atoms with E-state index in [1.165, 1.54) is 24.8 Å². The van der Waals surface area contributed by atoms with E-state index in [0.717, 1.165) is 12.2 Å². The van der Waals surface area contributed by atoms with E-state index < -0.39 is 0 Å². The van der Waals surface area contributed by atoms with Gasteiger partial charge in [-0.05, 0) is 31.2 Å².